The summed E-state index contributed by atoms with van der Waals surface area (Å²) >= 11 is 0. The lowest BCUT2D eigenvalue weighted by Crippen LogP contribution is -2.53. The molecule has 106 valence electrons. The zero-order valence-corrected chi connectivity index (χ0v) is 13.9. The SMILES string of the molecule is C=C(C)CN=C(N)NCC1CN(S(C)(=O)=O)C1.I. The molecule has 1 aliphatic heterocycles. The minimum atomic E-state index is -3.03. The van der Waals surface area contributed by atoms with E-state index in [4.69, 9.17) is 5.73 Å². The Morgan fingerprint density at radius 1 is 1.56 bits per heavy atom. The predicted octanol–water partition coefficient (Wildman–Crippen LogP) is -0.0238. The van der Waals surface area contributed by atoms with Crippen LogP contribution in [0.25, 0.3) is 0 Å². The van der Waals surface area contributed by atoms with Crippen molar-refractivity contribution in [2.24, 2.45) is 16.6 Å². The summed E-state index contributed by atoms with van der Waals surface area (Å²) in [6.07, 6.45) is 1.22. The lowest BCUT2D eigenvalue weighted by atomic mass is 10.0. The topological polar surface area (TPSA) is 87.8 Å². The molecule has 3 N–H and O–H groups in total. The Hall–Kier alpha value is -0.350. The molecule has 0 aromatic heterocycles. The van der Waals surface area contributed by atoms with Crippen molar-refractivity contribution in [2.45, 2.75) is 6.92 Å². The van der Waals surface area contributed by atoms with Crippen LogP contribution in [0.1, 0.15) is 6.92 Å². The maximum absolute atomic E-state index is 11.1. The molecule has 0 amide bonds. The van der Waals surface area contributed by atoms with E-state index in [1.807, 2.05) is 6.92 Å². The highest BCUT2D eigenvalue weighted by molar-refractivity contribution is 14.0. The largest absolute Gasteiger partial charge is 0.370 e. The fourth-order valence-electron chi connectivity index (χ4n) is 1.45. The van der Waals surface area contributed by atoms with Gasteiger partial charge >= 0.3 is 0 Å². The van der Waals surface area contributed by atoms with Gasteiger partial charge in [-0.2, -0.15) is 0 Å². The number of guanidine groups is 1. The van der Waals surface area contributed by atoms with E-state index < -0.39 is 10.0 Å². The molecule has 0 aromatic carbocycles. The van der Waals surface area contributed by atoms with Gasteiger partial charge in [0.15, 0.2) is 5.96 Å². The molecule has 0 aliphatic carbocycles. The number of halogens is 1. The van der Waals surface area contributed by atoms with Crippen LogP contribution in [-0.2, 0) is 10.0 Å². The van der Waals surface area contributed by atoms with E-state index >= 15 is 0 Å². The van der Waals surface area contributed by atoms with Gasteiger partial charge < -0.3 is 11.1 Å². The van der Waals surface area contributed by atoms with Crippen LogP contribution in [0.3, 0.4) is 0 Å². The summed E-state index contributed by atoms with van der Waals surface area (Å²) in [6.45, 7) is 7.88. The molecule has 18 heavy (non-hydrogen) atoms. The molecule has 1 heterocycles. The second-order valence-corrected chi connectivity index (χ2v) is 6.47. The maximum Gasteiger partial charge on any atom is 0.211 e. The van der Waals surface area contributed by atoms with Gasteiger partial charge in [-0.3, -0.25) is 0 Å². The Balaban J connectivity index is 0.00000289. The first-order valence-corrected chi connectivity index (χ1v) is 7.27. The quantitative estimate of drug-likeness (QED) is 0.300. The molecule has 1 rings (SSSR count). The molecule has 0 spiro atoms. The first-order chi connectivity index (χ1) is 7.79. The molecule has 6 nitrogen and oxygen atoms in total. The summed E-state index contributed by atoms with van der Waals surface area (Å²) in [7, 11) is -3.03. The van der Waals surface area contributed by atoms with Gasteiger partial charge in [0.2, 0.25) is 10.0 Å². The monoisotopic (exact) mass is 388 g/mol. The van der Waals surface area contributed by atoms with Gasteiger partial charge in [0, 0.05) is 25.6 Å². The predicted molar refractivity (Wildman–Crippen MR) is 84.6 cm³/mol. The number of hydrogen-bond donors (Lipinski definition) is 2. The highest BCUT2D eigenvalue weighted by Crippen LogP contribution is 2.17. The van der Waals surface area contributed by atoms with E-state index in [1.165, 1.54) is 10.6 Å². The number of nitrogens with one attached hydrogen (secondary N) is 1. The number of aliphatic imine (C=N–C) groups is 1. The highest BCUT2D eigenvalue weighted by Gasteiger charge is 2.32. The zero-order chi connectivity index (χ0) is 13.1. The van der Waals surface area contributed by atoms with Gasteiger partial charge in [0.25, 0.3) is 0 Å². The first kappa shape index (κ1) is 17.6. The summed E-state index contributed by atoms with van der Waals surface area (Å²) in [5.74, 6) is 0.689. The van der Waals surface area contributed by atoms with Crippen molar-refractivity contribution in [3.05, 3.63) is 12.2 Å². The summed E-state index contributed by atoms with van der Waals surface area (Å²) in [4.78, 5) is 4.07. The van der Waals surface area contributed by atoms with E-state index in [9.17, 15) is 8.42 Å². The van der Waals surface area contributed by atoms with Crippen LogP contribution >= 0.6 is 24.0 Å². The fraction of sp³-hybridized carbons (Fsp3) is 0.700. The molecule has 8 heteroatoms. The number of nitrogens with two attached hydrogens (primary N) is 1. The Morgan fingerprint density at radius 3 is 2.56 bits per heavy atom. The normalized spacial score (nSPS) is 17.8. The highest BCUT2D eigenvalue weighted by atomic mass is 127. The second kappa shape index (κ2) is 7.29. The molecule has 0 atom stereocenters. The minimum absolute atomic E-state index is 0. The van der Waals surface area contributed by atoms with E-state index in [0.717, 1.165) is 5.57 Å². The average molecular weight is 388 g/mol. The molecule has 0 bridgehead atoms. The van der Waals surface area contributed by atoms with Gasteiger partial charge in [-0.1, -0.05) is 12.2 Å². The molecule has 1 aliphatic rings. The van der Waals surface area contributed by atoms with Crippen LogP contribution in [0, 0.1) is 5.92 Å². The Morgan fingerprint density at radius 2 is 2.11 bits per heavy atom. The van der Waals surface area contributed by atoms with E-state index in [-0.39, 0.29) is 24.0 Å². The Labute approximate surface area is 126 Å². The van der Waals surface area contributed by atoms with Crippen LogP contribution in [0.15, 0.2) is 17.1 Å². The van der Waals surface area contributed by atoms with Crippen LogP contribution in [0.5, 0.6) is 0 Å². The number of hydrogen-bond acceptors (Lipinski definition) is 3. The van der Waals surface area contributed by atoms with E-state index in [2.05, 4.69) is 16.9 Å². The lowest BCUT2D eigenvalue weighted by Gasteiger charge is -2.37. The van der Waals surface area contributed by atoms with Crippen molar-refractivity contribution in [1.82, 2.24) is 9.62 Å². The molecule has 0 aromatic rings. The standard InChI is InChI=1S/C10H20N4O2S.HI/c1-8(2)4-12-10(11)13-5-9-6-14(7-9)17(3,15)16;/h9H,1,4-7H2,2-3H3,(H3,11,12,13);1H. The Kier molecular flexibility index (Phi) is 7.15. The van der Waals surface area contributed by atoms with Crippen molar-refractivity contribution in [3.8, 4) is 0 Å². The van der Waals surface area contributed by atoms with Crippen molar-refractivity contribution >= 4 is 40.0 Å². The molecule has 0 radical (unpaired) electrons. The fourth-order valence-corrected chi connectivity index (χ4v) is 2.41. The number of nitrogens with zero attached hydrogens (tertiary/aromatic N) is 2. The Bertz CT molecular complexity index is 416. The third-order valence-corrected chi connectivity index (χ3v) is 3.72. The minimum Gasteiger partial charge on any atom is -0.370 e. The smallest absolute Gasteiger partial charge is 0.211 e. The van der Waals surface area contributed by atoms with Crippen molar-refractivity contribution in [2.75, 3.05) is 32.4 Å². The van der Waals surface area contributed by atoms with Crippen molar-refractivity contribution in [1.29, 1.82) is 0 Å². The third-order valence-electron chi connectivity index (χ3n) is 2.48. The zero-order valence-electron chi connectivity index (χ0n) is 10.7. The van der Waals surface area contributed by atoms with Gasteiger partial charge in [-0.25, -0.2) is 17.7 Å². The van der Waals surface area contributed by atoms with Gasteiger partial charge in [-0.05, 0) is 6.92 Å². The first-order valence-electron chi connectivity index (χ1n) is 5.42. The van der Waals surface area contributed by atoms with Crippen molar-refractivity contribution < 1.29 is 8.42 Å². The second-order valence-electron chi connectivity index (χ2n) is 4.49. The van der Waals surface area contributed by atoms with Gasteiger partial charge in [0.05, 0.1) is 12.8 Å². The average Bonchev–Trinajstić information content (AvgIpc) is 2.09. The molecule has 1 saturated heterocycles. The third kappa shape index (κ3) is 6.01. The van der Waals surface area contributed by atoms with Crippen LogP contribution in [0.2, 0.25) is 0 Å². The van der Waals surface area contributed by atoms with E-state index in [0.29, 0.717) is 38.1 Å². The number of sulfonamides is 1. The van der Waals surface area contributed by atoms with Crippen LogP contribution in [-0.4, -0.2) is 51.1 Å². The molecule has 0 unspecified atom stereocenters. The van der Waals surface area contributed by atoms with Gasteiger partial charge in [-0.15, -0.1) is 24.0 Å². The van der Waals surface area contributed by atoms with Crippen molar-refractivity contribution in [3.63, 3.8) is 0 Å². The summed E-state index contributed by atoms with van der Waals surface area (Å²) in [5, 5.41) is 2.98. The molecule has 1 fully saturated rings. The lowest BCUT2D eigenvalue weighted by molar-refractivity contribution is 0.203. The van der Waals surface area contributed by atoms with Gasteiger partial charge in [0.1, 0.15) is 0 Å². The summed E-state index contributed by atoms with van der Waals surface area (Å²) < 4.78 is 23.7. The summed E-state index contributed by atoms with van der Waals surface area (Å²) in [6, 6.07) is 0. The molecular weight excluding hydrogens is 367 g/mol. The van der Waals surface area contributed by atoms with Crippen LogP contribution in [0.4, 0.5) is 0 Å². The molecular formula is C10H21IN4O2S. The summed E-state index contributed by atoms with van der Waals surface area (Å²) in [5.41, 5.74) is 6.58. The number of rotatable bonds is 5. The maximum atomic E-state index is 11.1. The van der Waals surface area contributed by atoms with Crippen LogP contribution < -0.4 is 11.1 Å². The van der Waals surface area contributed by atoms with E-state index in [1.54, 1.807) is 0 Å². The molecule has 0 saturated carbocycles.